The highest BCUT2D eigenvalue weighted by atomic mass is 79.9. The van der Waals surface area contributed by atoms with Crippen molar-refractivity contribution in [1.29, 1.82) is 5.26 Å². The normalized spacial score (nSPS) is 10.9. The summed E-state index contributed by atoms with van der Waals surface area (Å²) in [5.41, 5.74) is 0.501. The van der Waals surface area contributed by atoms with E-state index in [4.69, 9.17) is 14.4 Å². The monoisotopic (exact) mass is 360 g/mol. The predicted molar refractivity (Wildman–Crippen MR) is 86.2 cm³/mol. The van der Waals surface area contributed by atoms with Crippen LogP contribution in [0.15, 0.2) is 51.1 Å². The number of nitriles is 1. The number of furan rings is 1. The predicted octanol–water partition coefficient (Wildman–Crippen LogP) is 3.99. The number of carbonyl (C=O) groups excluding carboxylic acids is 1. The third-order valence-electron chi connectivity index (χ3n) is 2.65. The largest absolute Gasteiger partial charge is 0.494 e. The van der Waals surface area contributed by atoms with Crippen LogP contribution in [0.3, 0.4) is 0 Å². The van der Waals surface area contributed by atoms with Crippen LogP contribution in [0, 0.1) is 11.3 Å². The van der Waals surface area contributed by atoms with Gasteiger partial charge in [0.25, 0.3) is 5.91 Å². The van der Waals surface area contributed by atoms with Crippen LogP contribution in [0.25, 0.3) is 6.08 Å². The highest BCUT2D eigenvalue weighted by Gasteiger charge is 2.11. The van der Waals surface area contributed by atoms with Crippen LogP contribution >= 0.6 is 15.9 Å². The van der Waals surface area contributed by atoms with Crippen LogP contribution in [0.4, 0.5) is 5.69 Å². The zero-order valence-electron chi connectivity index (χ0n) is 11.8. The number of nitrogens with zero attached hydrogens (tertiary/aromatic N) is 1. The molecular formula is C16H13BrN2O3. The van der Waals surface area contributed by atoms with Gasteiger partial charge in [0, 0.05) is 17.8 Å². The molecule has 2 aromatic rings. The van der Waals surface area contributed by atoms with Crippen molar-refractivity contribution in [3.8, 4) is 11.8 Å². The molecule has 22 heavy (non-hydrogen) atoms. The first-order valence-corrected chi connectivity index (χ1v) is 7.33. The van der Waals surface area contributed by atoms with E-state index >= 15 is 0 Å². The van der Waals surface area contributed by atoms with E-state index in [1.807, 2.05) is 13.0 Å². The second kappa shape index (κ2) is 7.48. The van der Waals surface area contributed by atoms with Crippen molar-refractivity contribution in [2.24, 2.45) is 0 Å². The number of halogens is 1. The van der Waals surface area contributed by atoms with E-state index in [-0.39, 0.29) is 5.57 Å². The van der Waals surface area contributed by atoms with E-state index in [0.717, 1.165) is 0 Å². The molecule has 0 radical (unpaired) electrons. The summed E-state index contributed by atoms with van der Waals surface area (Å²) < 4.78 is 11.1. The highest BCUT2D eigenvalue weighted by Crippen LogP contribution is 2.19. The van der Waals surface area contributed by atoms with Crippen molar-refractivity contribution in [3.05, 3.63) is 52.4 Å². The highest BCUT2D eigenvalue weighted by molar-refractivity contribution is 9.10. The summed E-state index contributed by atoms with van der Waals surface area (Å²) >= 11 is 3.16. The van der Waals surface area contributed by atoms with E-state index in [9.17, 15) is 4.79 Å². The zero-order chi connectivity index (χ0) is 15.9. The molecule has 0 fully saturated rings. The van der Waals surface area contributed by atoms with Gasteiger partial charge in [-0.25, -0.2) is 0 Å². The van der Waals surface area contributed by atoms with Crippen LogP contribution in [-0.2, 0) is 4.79 Å². The molecule has 1 aromatic carbocycles. The molecule has 0 aliphatic carbocycles. The van der Waals surface area contributed by atoms with Crippen LogP contribution in [-0.4, -0.2) is 12.5 Å². The lowest BCUT2D eigenvalue weighted by molar-refractivity contribution is -0.112. The number of carbonyl (C=O) groups is 1. The number of hydrogen-bond acceptors (Lipinski definition) is 4. The average Bonchev–Trinajstić information content (AvgIpc) is 2.90. The smallest absolute Gasteiger partial charge is 0.266 e. The molecule has 1 heterocycles. The van der Waals surface area contributed by atoms with Crippen molar-refractivity contribution in [1.82, 2.24) is 0 Å². The minimum absolute atomic E-state index is 0.0522. The van der Waals surface area contributed by atoms with Gasteiger partial charge in [-0.1, -0.05) is 6.07 Å². The number of amides is 1. The number of hydrogen-bond donors (Lipinski definition) is 1. The van der Waals surface area contributed by atoms with Crippen molar-refractivity contribution in [2.75, 3.05) is 11.9 Å². The molecule has 0 aliphatic rings. The van der Waals surface area contributed by atoms with Gasteiger partial charge in [-0.05, 0) is 47.1 Å². The topological polar surface area (TPSA) is 75.3 Å². The summed E-state index contributed by atoms with van der Waals surface area (Å²) in [4.78, 5) is 12.1. The van der Waals surface area contributed by atoms with Gasteiger partial charge in [0.1, 0.15) is 23.2 Å². The summed E-state index contributed by atoms with van der Waals surface area (Å²) in [6, 6.07) is 12.2. The second-order valence-corrected chi connectivity index (χ2v) is 5.01. The Morgan fingerprint density at radius 3 is 2.91 bits per heavy atom. The van der Waals surface area contributed by atoms with Crippen LogP contribution < -0.4 is 10.1 Å². The average molecular weight is 361 g/mol. The van der Waals surface area contributed by atoms with Gasteiger partial charge in [0.2, 0.25) is 0 Å². The Kier molecular flexibility index (Phi) is 5.39. The molecule has 2 rings (SSSR count). The van der Waals surface area contributed by atoms with Gasteiger partial charge in [-0.3, -0.25) is 4.79 Å². The molecule has 0 spiro atoms. The van der Waals surface area contributed by atoms with E-state index in [1.165, 1.54) is 6.08 Å². The summed E-state index contributed by atoms with van der Waals surface area (Å²) in [6.07, 6.45) is 1.38. The van der Waals surface area contributed by atoms with Crippen LogP contribution in [0.2, 0.25) is 0 Å². The number of anilines is 1. The molecule has 6 heteroatoms. The van der Waals surface area contributed by atoms with Gasteiger partial charge in [0.05, 0.1) is 6.61 Å². The maximum atomic E-state index is 12.1. The Morgan fingerprint density at radius 1 is 1.45 bits per heavy atom. The zero-order valence-corrected chi connectivity index (χ0v) is 13.4. The fourth-order valence-corrected chi connectivity index (χ4v) is 2.04. The van der Waals surface area contributed by atoms with Gasteiger partial charge in [-0.15, -0.1) is 0 Å². The Labute approximate surface area is 136 Å². The Balaban J connectivity index is 2.14. The Hall–Kier alpha value is -2.52. The standard InChI is InChI=1S/C16H13BrN2O3/c1-2-21-13-5-3-4-12(9-13)19-16(20)11(10-18)8-14-6-7-15(17)22-14/h3-9H,2H2,1H3,(H,19,20)/b11-8+. The third-order valence-corrected chi connectivity index (χ3v) is 3.07. The van der Waals surface area contributed by atoms with E-state index in [2.05, 4.69) is 21.2 Å². The SMILES string of the molecule is CCOc1cccc(NC(=O)/C(C#N)=C/c2ccc(Br)o2)c1. The molecule has 0 saturated carbocycles. The molecule has 1 amide bonds. The lowest BCUT2D eigenvalue weighted by atomic mass is 10.2. The molecule has 1 N–H and O–H groups in total. The van der Waals surface area contributed by atoms with Crippen molar-refractivity contribution in [3.63, 3.8) is 0 Å². The molecule has 0 saturated heterocycles. The van der Waals surface area contributed by atoms with E-state index in [1.54, 1.807) is 36.4 Å². The summed E-state index contributed by atoms with van der Waals surface area (Å²) in [7, 11) is 0. The van der Waals surface area contributed by atoms with Gasteiger partial charge >= 0.3 is 0 Å². The van der Waals surface area contributed by atoms with Crippen molar-refractivity contribution >= 4 is 33.6 Å². The van der Waals surface area contributed by atoms with Gasteiger partial charge < -0.3 is 14.5 Å². The summed E-state index contributed by atoms with van der Waals surface area (Å²) in [5.74, 6) is 0.558. The number of benzene rings is 1. The molecular weight excluding hydrogens is 348 g/mol. The number of rotatable bonds is 5. The quantitative estimate of drug-likeness (QED) is 0.646. The fraction of sp³-hybridized carbons (Fsp3) is 0.125. The van der Waals surface area contributed by atoms with Crippen LogP contribution in [0.5, 0.6) is 5.75 Å². The maximum Gasteiger partial charge on any atom is 0.266 e. The summed E-state index contributed by atoms with van der Waals surface area (Å²) in [5, 5.41) is 11.8. The number of nitrogens with one attached hydrogen (secondary N) is 1. The Bertz CT molecular complexity index is 744. The molecule has 0 unspecified atom stereocenters. The van der Waals surface area contributed by atoms with E-state index < -0.39 is 5.91 Å². The van der Waals surface area contributed by atoms with Crippen molar-refractivity contribution < 1.29 is 13.9 Å². The maximum absolute atomic E-state index is 12.1. The lowest BCUT2D eigenvalue weighted by Crippen LogP contribution is -2.13. The first kappa shape index (κ1) is 15.9. The molecule has 0 aliphatic heterocycles. The molecule has 1 aromatic heterocycles. The van der Waals surface area contributed by atoms with E-state index in [0.29, 0.717) is 28.5 Å². The summed E-state index contributed by atoms with van der Waals surface area (Å²) in [6.45, 7) is 2.41. The lowest BCUT2D eigenvalue weighted by Gasteiger charge is -2.07. The van der Waals surface area contributed by atoms with Gasteiger partial charge in [0.15, 0.2) is 4.67 Å². The Morgan fingerprint density at radius 2 is 2.27 bits per heavy atom. The fourth-order valence-electron chi connectivity index (χ4n) is 1.73. The number of ether oxygens (including phenoxy) is 1. The first-order valence-electron chi connectivity index (χ1n) is 6.53. The van der Waals surface area contributed by atoms with Crippen molar-refractivity contribution in [2.45, 2.75) is 6.92 Å². The minimum atomic E-state index is -0.510. The third kappa shape index (κ3) is 4.24. The second-order valence-electron chi connectivity index (χ2n) is 4.23. The molecule has 0 atom stereocenters. The molecule has 112 valence electrons. The first-order chi connectivity index (χ1) is 10.6. The van der Waals surface area contributed by atoms with Crippen LogP contribution in [0.1, 0.15) is 12.7 Å². The molecule has 5 nitrogen and oxygen atoms in total. The molecule has 0 bridgehead atoms. The minimum Gasteiger partial charge on any atom is -0.494 e. The van der Waals surface area contributed by atoms with Gasteiger partial charge in [-0.2, -0.15) is 5.26 Å².